The summed E-state index contributed by atoms with van der Waals surface area (Å²) in [6, 6.07) is 6.81. The van der Waals surface area contributed by atoms with Crippen LogP contribution in [0.2, 0.25) is 0 Å². The molecule has 0 atom stereocenters. The summed E-state index contributed by atoms with van der Waals surface area (Å²) in [5, 5.41) is 17.5. The average Bonchev–Trinajstić information content (AvgIpc) is 2.47. The first-order chi connectivity index (χ1) is 9.63. The van der Waals surface area contributed by atoms with Crippen molar-refractivity contribution in [2.24, 2.45) is 0 Å². The molecular weight excluding hydrogens is 265 g/mol. The van der Waals surface area contributed by atoms with Crippen LogP contribution in [-0.2, 0) is 13.2 Å². The summed E-state index contributed by atoms with van der Waals surface area (Å²) in [5.41, 5.74) is 0.0327. The maximum Gasteiger partial charge on any atom is 0.227 e. The lowest BCUT2D eigenvalue weighted by Gasteiger charge is -2.06. The summed E-state index contributed by atoms with van der Waals surface area (Å²) in [4.78, 5) is 11.6. The molecule has 0 aliphatic rings. The van der Waals surface area contributed by atoms with Crippen molar-refractivity contribution in [2.75, 3.05) is 0 Å². The second kappa shape index (κ2) is 5.99. The predicted molar refractivity (Wildman–Crippen MR) is 66.3 cm³/mol. The minimum Gasteiger partial charge on any atom is -0.482 e. The number of aliphatic hydroxyl groups is 1. The number of nitrogens with zero attached hydrogens (tertiary/aromatic N) is 1. The summed E-state index contributed by atoms with van der Waals surface area (Å²) >= 11 is 0. The van der Waals surface area contributed by atoms with Gasteiger partial charge in [0.1, 0.15) is 37.1 Å². The Morgan fingerprint density at radius 2 is 2.20 bits per heavy atom. The van der Waals surface area contributed by atoms with E-state index in [0.717, 1.165) is 18.4 Å². The van der Waals surface area contributed by atoms with Crippen LogP contribution in [-0.4, -0.2) is 5.11 Å². The molecule has 0 fully saturated rings. The van der Waals surface area contributed by atoms with Gasteiger partial charge in [-0.25, -0.2) is 4.39 Å². The highest BCUT2D eigenvalue weighted by Gasteiger charge is 2.06. The number of aliphatic hydroxyl groups excluding tert-OH is 1. The molecule has 1 aromatic heterocycles. The summed E-state index contributed by atoms with van der Waals surface area (Å²) in [5.74, 6) is -0.496. The first kappa shape index (κ1) is 13.8. The van der Waals surface area contributed by atoms with Gasteiger partial charge in [-0.1, -0.05) is 6.07 Å². The number of hydrogen-bond donors (Lipinski definition) is 1. The first-order valence-corrected chi connectivity index (χ1v) is 5.68. The minimum atomic E-state index is -0.608. The third-order valence-corrected chi connectivity index (χ3v) is 2.55. The fraction of sp³-hybridized carbons (Fsp3) is 0.143. The van der Waals surface area contributed by atoms with Crippen LogP contribution >= 0.6 is 0 Å². The summed E-state index contributed by atoms with van der Waals surface area (Å²) in [6.45, 7) is -0.378. The fourth-order valence-corrected chi connectivity index (χ4v) is 1.54. The molecule has 1 aromatic carbocycles. The molecule has 0 radical (unpaired) electrons. The van der Waals surface area contributed by atoms with E-state index in [2.05, 4.69) is 0 Å². The zero-order chi connectivity index (χ0) is 14.5. The molecular formula is C14H10FNO4. The van der Waals surface area contributed by atoms with Crippen molar-refractivity contribution in [1.82, 2.24) is 0 Å². The van der Waals surface area contributed by atoms with Gasteiger partial charge in [-0.3, -0.25) is 4.79 Å². The Bertz CT molecular complexity index is 718. The Kier molecular flexibility index (Phi) is 4.13. The Hall–Kier alpha value is -2.65. The zero-order valence-electron chi connectivity index (χ0n) is 10.3. The number of ether oxygens (including phenoxy) is 1. The lowest BCUT2D eigenvalue weighted by atomic mass is 10.1. The molecule has 0 aliphatic heterocycles. The maximum atomic E-state index is 13.1. The van der Waals surface area contributed by atoms with Gasteiger partial charge in [0.25, 0.3) is 0 Å². The molecule has 0 spiro atoms. The molecule has 20 heavy (non-hydrogen) atoms. The van der Waals surface area contributed by atoms with Crippen LogP contribution in [0.4, 0.5) is 4.39 Å². The summed E-state index contributed by atoms with van der Waals surface area (Å²) in [6.07, 6.45) is 1.10. The standard InChI is InChI=1S/C14H10FNO4/c15-12-2-1-9(3-10(12)5-16)7-20-14-8-19-11(6-17)4-13(14)18/h1-4,8,17H,6-7H2. The van der Waals surface area contributed by atoms with E-state index in [1.807, 2.05) is 0 Å². The fourth-order valence-electron chi connectivity index (χ4n) is 1.54. The third-order valence-electron chi connectivity index (χ3n) is 2.55. The van der Waals surface area contributed by atoms with Crippen molar-refractivity contribution in [3.05, 3.63) is 63.5 Å². The summed E-state index contributed by atoms with van der Waals surface area (Å²) in [7, 11) is 0. The van der Waals surface area contributed by atoms with Gasteiger partial charge in [-0.15, -0.1) is 0 Å². The Balaban J connectivity index is 2.13. The quantitative estimate of drug-likeness (QED) is 0.918. The second-order valence-corrected chi connectivity index (χ2v) is 3.95. The maximum absolute atomic E-state index is 13.1. The van der Waals surface area contributed by atoms with E-state index < -0.39 is 11.2 Å². The lowest BCUT2D eigenvalue weighted by molar-refractivity contribution is 0.236. The Labute approximate surface area is 113 Å². The second-order valence-electron chi connectivity index (χ2n) is 3.95. The van der Waals surface area contributed by atoms with E-state index in [-0.39, 0.29) is 30.3 Å². The molecule has 0 amide bonds. The normalized spacial score (nSPS) is 10.1. The van der Waals surface area contributed by atoms with Gasteiger partial charge < -0.3 is 14.3 Å². The Morgan fingerprint density at radius 3 is 2.85 bits per heavy atom. The van der Waals surface area contributed by atoms with Crippen molar-refractivity contribution < 1.29 is 18.7 Å². The Morgan fingerprint density at radius 1 is 1.40 bits per heavy atom. The van der Waals surface area contributed by atoms with Gasteiger partial charge in [0.05, 0.1) is 5.56 Å². The number of benzene rings is 1. The predicted octanol–water partition coefficient (Wildman–Crippen LogP) is 1.72. The van der Waals surface area contributed by atoms with Crippen LogP contribution in [0.3, 0.4) is 0 Å². The topological polar surface area (TPSA) is 83.5 Å². The van der Waals surface area contributed by atoms with Crippen molar-refractivity contribution in [2.45, 2.75) is 13.2 Å². The largest absolute Gasteiger partial charge is 0.482 e. The highest BCUT2D eigenvalue weighted by molar-refractivity contribution is 5.34. The molecule has 1 N–H and O–H groups in total. The molecule has 0 saturated carbocycles. The van der Waals surface area contributed by atoms with E-state index in [1.54, 1.807) is 6.07 Å². The number of halogens is 1. The molecule has 6 heteroatoms. The van der Waals surface area contributed by atoms with Gasteiger partial charge in [0, 0.05) is 6.07 Å². The van der Waals surface area contributed by atoms with Crippen molar-refractivity contribution in [1.29, 1.82) is 5.26 Å². The van der Waals surface area contributed by atoms with Crippen LogP contribution in [0.15, 0.2) is 39.7 Å². The molecule has 0 saturated heterocycles. The first-order valence-electron chi connectivity index (χ1n) is 5.68. The number of rotatable bonds is 4. The van der Waals surface area contributed by atoms with E-state index in [0.29, 0.717) is 5.56 Å². The molecule has 2 aromatic rings. The molecule has 5 nitrogen and oxygen atoms in total. The van der Waals surface area contributed by atoms with Crippen molar-refractivity contribution in [3.63, 3.8) is 0 Å². The molecule has 1 heterocycles. The monoisotopic (exact) mass is 275 g/mol. The summed E-state index contributed by atoms with van der Waals surface area (Å²) < 4.78 is 23.3. The van der Waals surface area contributed by atoms with Gasteiger partial charge in [-0.05, 0) is 17.7 Å². The van der Waals surface area contributed by atoms with Gasteiger partial charge >= 0.3 is 0 Å². The van der Waals surface area contributed by atoms with Crippen LogP contribution in [0.5, 0.6) is 5.75 Å². The SMILES string of the molecule is N#Cc1cc(COc2coc(CO)cc2=O)ccc1F. The smallest absolute Gasteiger partial charge is 0.227 e. The highest BCUT2D eigenvalue weighted by atomic mass is 19.1. The van der Waals surface area contributed by atoms with Crippen LogP contribution in [0, 0.1) is 17.1 Å². The van der Waals surface area contributed by atoms with Gasteiger partial charge in [-0.2, -0.15) is 5.26 Å². The van der Waals surface area contributed by atoms with E-state index in [1.165, 1.54) is 12.1 Å². The van der Waals surface area contributed by atoms with Gasteiger partial charge in [0.2, 0.25) is 11.2 Å². The number of nitriles is 1. The number of hydrogen-bond acceptors (Lipinski definition) is 5. The lowest BCUT2D eigenvalue weighted by Crippen LogP contribution is -2.08. The zero-order valence-corrected chi connectivity index (χ0v) is 10.3. The van der Waals surface area contributed by atoms with Crippen molar-refractivity contribution in [3.8, 4) is 11.8 Å². The third kappa shape index (κ3) is 3.02. The molecule has 0 unspecified atom stereocenters. The molecule has 0 bridgehead atoms. The van der Waals surface area contributed by atoms with Crippen LogP contribution < -0.4 is 10.2 Å². The molecule has 102 valence electrons. The van der Waals surface area contributed by atoms with E-state index >= 15 is 0 Å². The van der Waals surface area contributed by atoms with Crippen LogP contribution in [0.25, 0.3) is 0 Å². The highest BCUT2D eigenvalue weighted by Crippen LogP contribution is 2.12. The average molecular weight is 275 g/mol. The van der Waals surface area contributed by atoms with Crippen molar-refractivity contribution >= 4 is 0 Å². The molecule has 0 aliphatic carbocycles. The van der Waals surface area contributed by atoms with E-state index in [4.69, 9.17) is 19.5 Å². The van der Waals surface area contributed by atoms with E-state index in [9.17, 15) is 9.18 Å². The minimum absolute atomic E-state index is 0.00179. The van der Waals surface area contributed by atoms with Gasteiger partial charge in [0.15, 0.2) is 0 Å². The molecule has 2 rings (SSSR count). The van der Waals surface area contributed by atoms with Crippen LogP contribution in [0.1, 0.15) is 16.9 Å².